The molecule has 2 rings (SSSR count). The van der Waals surface area contributed by atoms with Crippen LogP contribution in [0.3, 0.4) is 0 Å². The maximum Gasteiger partial charge on any atom is 0.311 e. The number of carboxylic acid groups (broad SMARTS) is 1. The molecule has 86 valence electrons. The third-order valence-electron chi connectivity index (χ3n) is 2.56. The number of hydrogen-bond donors (Lipinski definition) is 3. The minimum Gasteiger partial charge on any atom is -0.481 e. The standard InChI is InChI=1S/C10H12N2O4/c13-9(7-2-1-3-11-7)12-8-5-16-4-6(8)10(14)15/h1-3,6,8,11H,4-5H2,(H,12,13)(H,14,15). The molecule has 1 fully saturated rings. The van der Waals surface area contributed by atoms with Crippen LogP contribution in [0.5, 0.6) is 0 Å². The number of carbonyl (C=O) groups is 2. The maximum atomic E-state index is 11.6. The lowest BCUT2D eigenvalue weighted by molar-refractivity contribution is -0.142. The molecule has 2 heterocycles. The first kappa shape index (κ1) is 10.7. The van der Waals surface area contributed by atoms with E-state index >= 15 is 0 Å². The van der Waals surface area contributed by atoms with Gasteiger partial charge in [-0.3, -0.25) is 9.59 Å². The molecule has 0 saturated carbocycles. The summed E-state index contributed by atoms with van der Waals surface area (Å²) in [6, 6.07) is 2.86. The fraction of sp³-hybridized carbons (Fsp3) is 0.400. The third-order valence-corrected chi connectivity index (χ3v) is 2.56. The van der Waals surface area contributed by atoms with Crippen molar-refractivity contribution in [1.29, 1.82) is 0 Å². The highest BCUT2D eigenvalue weighted by molar-refractivity contribution is 5.93. The van der Waals surface area contributed by atoms with Gasteiger partial charge in [-0.25, -0.2) is 0 Å². The molecule has 1 saturated heterocycles. The smallest absolute Gasteiger partial charge is 0.311 e. The van der Waals surface area contributed by atoms with Crippen molar-refractivity contribution in [1.82, 2.24) is 10.3 Å². The molecule has 1 aromatic rings. The van der Waals surface area contributed by atoms with E-state index in [1.54, 1.807) is 18.3 Å². The molecule has 0 spiro atoms. The number of rotatable bonds is 3. The zero-order valence-electron chi connectivity index (χ0n) is 8.47. The van der Waals surface area contributed by atoms with Crippen LogP contribution in [-0.2, 0) is 9.53 Å². The summed E-state index contributed by atoms with van der Waals surface area (Å²) >= 11 is 0. The Balaban J connectivity index is 1.99. The number of H-pyrrole nitrogens is 1. The second kappa shape index (κ2) is 4.36. The molecule has 0 radical (unpaired) electrons. The fourth-order valence-corrected chi connectivity index (χ4v) is 1.66. The maximum absolute atomic E-state index is 11.6. The van der Waals surface area contributed by atoms with Gasteiger partial charge in [0, 0.05) is 6.20 Å². The molecule has 6 heteroatoms. The van der Waals surface area contributed by atoms with Crippen LogP contribution in [0.15, 0.2) is 18.3 Å². The van der Waals surface area contributed by atoms with Gasteiger partial charge in [0.2, 0.25) is 0 Å². The fourth-order valence-electron chi connectivity index (χ4n) is 1.66. The highest BCUT2D eigenvalue weighted by Gasteiger charge is 2.35. The minimum absolute atomic E-state index is 0.144. The van der Waals surface area contributed by atoms with Gasteiger partial charge in [-0.1, -0.05) is 0 Å². The highest BCUT2D eigenvalue weighted by Crippen LogP contribution is 2.14. The summed E-state index contributed by atoms with van der Waals surface area (Å²) in [6.07, 6.45) is 1.63. The van der Waals surface area contributed by atoms with Gasteiger partial charge in [0.15, 0.2) is 0 Å². The van der Waals surface area contributed by atoms with Crippen LogP contribution < -0.4 is 5.32 Å². The van der Waals surface area contributed by atoms with Crippen molar-refractivity contribution in [2.75, 3.05) is 13.2 Å². The molecule has 3 N–H and O–H groups in total. The molecule has 0 aromatic carbocycles. The van der Waals surface area contributed by atoms with Crippen molar-refractivity contribution in [2.24, 2.45) is 5.92 Å². The lowest BCUT2D eigenvalue weighted by Crippen LogP contribution is -2.42. The van der Waals surface area contributed by atoms with Crippen molar-refractivity contribution in [3.63, 3.8) is 0 Å². The number of aromatic amines is 1. The number of aromatic nitrogens is 1. The Hall–Kier alpha value is -1.82. The van der Waals surface area contributed by atoms with Crippen LogP contribution in [0.4, 0.5) is 0 Å². The molecule has 1 aliphatic rings. The first-order valence-electron chi connectivity index (χ1n) is 4.93. The van der Waals surface area contributed by atoms with Crippen molar-refractivity contribution in [3.05, 3.63) is 24.0 Å². The summed E-state index contributed by atoms with van der Waals surface area (Å²) in [5.74, 6) is -1.93. The second-order valence-electron chi connectivity index (χ2n) is 3.65. The predicted octanol–water partition coefficient (Wildman–Crippen LogP) is -0.156. The van der Waals surface area contributed by atoms with Crippen molar-refractivity contribution in [3.8, 4) is 0 Å². The number of nitrogens with one attached hydrogen (secondary N) is 2. The average molecular weight is 224 g/mol. The summed E-state index contributed by atoms with van der Waals surface area (Å²) in [5.41, 5.74) is 0.413. The van der Waals surface area contributed by atoms with Gasteiger partial charge in [0.25, 0.3) is 5.91 Å². The van der Waals surface area contributed by atoms with Gasteiger partial charge in [-0.15, -0.1) is 0 Å². The lowest BCUT2D eigenvalue weighted by Gasteiger charge is -2.14. The molecule has 1 aromatic heterocycles. The molecule has 6 nitrogen and oxygen atoms in total. The number of carboxylic acids is 1. The van der Waals surface area contributed by atoms with Crippen LogP contribution in [0, 0.1) is 5.92 Å². The largest absolute Gasteiger partial charge is 0.481 e. The second-order valence-corrected chi connectivity index (χ2v) is 3.65. The quantitative estimate of drug-likeness (QED) is 0.665. The Morgan fingerprint density at radius 3 is 2.94 bits per heavy atom. The number of carbonyl (C=O) groups excluding carboxylic acids is 1. The van der Waals surface area contributed by atoms with Crippen LogP contribution >= 0.6 is 0 Å². The van der Waals surface area contributed by atoms with E-state index in [0.717, 1.165) is 0 Å². The van der Waals surface area contributed by atoms with Gasteiger partial charge in [0.05, 0.1) is 19.3 Å². The number of aliphatic carboxylic acids is 1. The number of ether oxygens (including phenoxy) is 1. The van der Waals surface area contributed by atoms with Crippen molar-refractivity contribution >= 4 is 11.9 Å². The Morgan fingerprint density at radius 1 is 1.50 bits per heavy atom. The van der Waals surface area contributed by atoms with E-state index in [9.17, 15) is 9.59 Å². The normalized spacial score (nSPS) is 24.2. The molecule has 1 amide bonds. The molecular formula is C10H12N2O4. The molecule has 16 heavy (non-hydrogen) atoms. The van der Waals surface area contributed by atoms with E-state index in [-0.39, 0.29) is 19.1 Å². The zero-order valence-corrected chi connectivity index (χ0v) is 8.47. The van der Waals surface area contributed by atoms with Crippen LogP contribution in [0.2, 0.25) is 0 Å². The van der Waals surface area contributed by atoms with E-state index in [4.69, 9.17) is 9.84 Å². The average Bonchev–Trinajstić information content (AvgIpc) is 2.86. The Morgan fingerprint density at radius 2 is 2.31 bits per heavy atom. The van der Waals surface area contributed by atoms with Gasteiger partial charge < -0.3 is 20.1 Å². The van der Waals surface area contributed by atoms with Crippen LogP contribution in [0.1, 0.15) is 10.5 Å². The minimum atomic E-state index is -0.950. The topological polar surface area (TPSA) is 91.4 Å². The van der Waals surface area contributed by atoms with Crippen LogP contribution in [-0.4, -0.2) is 41.2 Å². The Kier molecular flexibility index (Phi) is 2.91. The van der Waals surface area contributed by atoms with E-state index in [2.05, 4.69) is 10.3 Å². The van der Waals surface area contributed by atoms with Crippen molar-refractivity contribution in [2.45, 2.75) is 6.04 Å². The molecular weight excluding hydrogens is 212 g/mol. The van der Waals surface area contributed by atoms with Crippen molar-refractivity contribution < 1.29 is 19.4 Å². The monoisotopic (exact) mass is 224 g/mol. The Labute approximate surface area is 91.6 Å². The van der Waals surface area contributed by atoms with E-state index in [1.165, 1.54) is 0 Å². The summed E-state index contributed by atoms with van der Waals surface area (Å²) in [5, 5.41) is 11.5. The SMILES string of the molecule is O=C(NC1COCC1C(=O)O)c1ccc[nH]1. The first-order valence-corrected chi connectivity index (χ1v) is 4.93. The summed E-state index contributed by atoms with van der Waals surface area (Å²) in [4.78, 5) is 25.2. The van der Waals surface area contributed by atoms with Crippen LogP contribution in [0.25, 0.3) is 0 Å². The van der Waals surface area contributed by atoms with Gasteiger partial charge in [-0.2, -0.15) is 0 Å². The molecule has 0 aliphatic carbocycles. The first-order chi connectivity index (χ1) is 7.68. The highest BCUT2D eigenvalue weighted by atomic mass is 16.5. The Bertz CT molecular complexity index is 388. The molecule has 2 atom stereocenters. The predicted molar refractivity (Wildman–Crippen MR) is 54.0 cm³/mol. The zero-order chi connectivity index (χ0) is 11.5. The number of hydrogen-bond acceptors (Lipinski definition) is 3. The molecule has 1 aliphatic heterocycles. The van der Waals surface area contributed by atoms with E-state index in [1.807, 2.05) is 0 Å². The van der Waals surface area contributed by atoms with Gasteiger partial charge in [-0.05, 0) is 12.1 Å². The third kappa shape index (κ3) is 2.06. The summed E-state index contributed by atoms with van der Waals surface area (Å²) in [7, 11) is 0. The molecule has 0 bridgehead atoms. The van der Waals surface area contributed by atoms with E-state index < -0.39 is 17.9 Å². The van der Waals surface area contributed by atoms with E-state index in [0.29, 0.717) is 5.69 Å². The lowest BCUT2D eigenvalue weighted by atomic mass is 10.0. The summed E-state index contributed by atoms with van der Waals surface area (Å²) < 4.78 is 5.04. The molecule has 2 unspecified atom stereocenters. The van der Waals surface area contributed by atoms with Gasteiger partial charge >= 0.3 is 5.97 Å². The number of amides is 1. The summed E-state index contributed by atoms with van der Waals surface area (Å²) in [6.45, 7) is 0.383. The van der Waals surface area contributed by atoms with Gasteiger partial charge in [0.1, 0.15) is 11.6 Å².